The summed E-state index contributed by atoms with van der Waals surface area (Å²) < 4.78 is 1.93. The molecule has 0 unspecified atom stereocenters. The molecule has 2 aromatic carbocycles. The van der Waals surface area contributed by atoms with Gasteiger partial charge in [-0.15, -0.1) is 0 Å². The summed E-state index contributed by atoms with van der Waals surface area (Å²) >= 11 is 6.24. The lowest BCUT2D eigenvalue weighted by atomic mass is 10.1. The third-order valence-corrected chi connectivity index (χ3v) is 4.58. The van der Waals surface area contributed by atoms with Gasteiger partial charge in [0.1, 0.15) is 0 Å². The van der Waals surface area contributed by atoms with Crippen LogP contribution in [0.2, 0.25) is 5.02 Å². The lowest BCUT2D eigenvalue weighted by Gasteiger charge is -2.07. The molecule has 2 nitrogen and oxygen atoms in total. The third-order valence-electron chi connectivity index (χ3n) is 4.23. The summed E-state index contributed by atoms with van der Waals surface area (Å²) in [6.45, 7) is 6.38. The van der Waals surface area contributed by atoms with Crippen LogP contribution in [0.25, 0.3) is 12.2 Å². The fraction of sp³-hybridized carbons (Fsp3) is 0.0870. The van der Waals surface area contributed by atoms with Crippen LogP contribution in [0.4, 0.5) is 0 Å². The summed E-state index contributed by atoms with van der Waals surface area (Å²) in [5, 5.41) is 0.690. The molecule has 0 bridgehead atoms. The Labute approximate surface area is 159 Å². The van der Waals surface area contributed by atoms with Crippen molar-refractivity contribution in [2.24, 2.45) is 0 Å². The van der Waals surface area contributed by atoms with Crippen LogP contribution >= 0.6 is 11.6 Å². The summed E-state index contributed by atoms with van der Waals surface area (Å²) in [7, 11) is 0. The van der Waals surface area contributed by atoms with Gasteiger partial charge in [0, 0.05) is 23.3 Å². The van der Waals surface area contributed by atoms with E-state index in [1.54, 1.807) is 6.08 Å². The van der Waals surface area contributed by atoms with Gasteiger partial charge in [-0.2, -0.15) is 0 Å². The van der Waals surface area contributed by atoms with E-state index in [0.29, 0.717) is 22.8 Å². The highest BCUT2D eigenvalue weighted by Gasteiger charge is 2.12. The van der Waals surface area contributed by atoms with E-state index >= 15 is 0 Å². The van der Waals surface area contributed by atoms with Crippen LogP contribution in [0, 0.1) is 6.92 Å². The van der Waals surface area contributed by atoms with Crippen molar-refractivity contribution in [1.29, 1.82) is 0 Å². The highest BCUT2D eigenvalue weighted by molar-refractivity contribution is 6.32. The molecule has 0 aliphatic rings. The van der Waals surface area contributed by atoms with E-state index in [1.807, 2.05) is 84.4 Å². The minimum Gasteiger partial charge on any atom is -0.341 e. The Balaban J connectivity index is 1.78. The number of hydrogen-bond donors (Lipinski definition) is 0. The van der Waals surface area contributed by atoms with Crippen LogP contribution < -0.4 is 0 Å². The van der Waals surface area contributed by atoms with Crippen LogP contribution in [-0.4, -0.2) is 10.4 Å². The van der Waals surface area contributed by atoms with Crippen molar-refractivity contribution in [3.63, 3.8) is 0 Å². The summed E-state index contributed by atoms with van der Waals surface area (Å²) in [5.74, 6) is 0.0232. The summed E-state index contributed by atoms with van der Waals surface area (Å²) in [6.07, 6.45) is 7.67. The maximum absolute atomic E-state index is 12.7. The zero-order chi connectivity index (χ0) is 18.5. The Morgan fingerprint density at radius 3 is 2.65 bits per heavy atom. The first-order valence-electron chi connectivity index (χ1n) is 8.43. The number of carbonyl (C=O) groups is 1. The van der Waals surface area contributed by atoms with E-state index in [0.717, 1.165) is 16.7 Å². The topological polar surface area (TPSA) is 22.0 Å². The number of aromatic nitrogens is 1. The second-order valence-corrected chi connectivity index (χ2v) is 6.54. The molecular formula is C23H20ClNO. The van der Waals surface area contributed by atoms with Gasteiger partial charge in [0.05, 0.1) is 5.69 Å². The Morgan fingerprint density at radius 2 is 1.92 bits per heavy atom. The van der Waals surface area contributed by atoms with Gasteiger partial charge in [-0.25, -0.2) is 0 Å². The predicted molar refractivity (Wildman–Crippen MR) is 110 cm³/mol. The molecule has 26 heavy (non-hydrogen) atoms. The zero-order valence-corrected chi connectivity index (χ0v) is 15.4. The van der Waals surface area contributed by atoms with E-state index < -0.39 is 0 Å². The molecule has 0 saturated heterocycles. The highest BCUT2D eigenvalue weighted by Crippen LogP contribution is 2.20. The van der Waals surface area contributed by atoms with Crippen molar-refractivity contribution in [1.82, 2.24) is 4.57 Å². The van der Waals surface area contributed by atoms with E-state index in [-0.39, 0.29) is 5.78 Å². The summed E-state index contributed by atoms with van der Waals surface area (Å²) in [4.78, 5) is 12.7. The summed E-state index contributed by atoms with van der Waals surface area (Å²) in [6, 6.07) is 17.2. The smallest absolute Gasteiger partial charge is 0.209 e. The molecule has 0 spiro atoms. The van der Waals surface area contributed by atoms with Gasteiger partial charge in [-0.05, 0) is 42.3 Å². The molecule has 0 amide bonds. The number of carbonyl (C=O) groups excluding carboxylic acids is 1. The minimum absolute atomic E-state index is 0.0232. The van der Waals surface area contributed by atoms with Crippen molar-refractivity contribution in [3.05, 3.63) is 106 Å². The second-order valence-electron chi connectivity index (χ2n) is 6.13. The average molecular weight is 362 g/mol. The van der Waals surface area contributed by atoms with Crippen LogP contribution in [0.15, 0.2) is 73.4 Å². The van der Waals surface area contributed by atoms with Crippen LogP contribution in [0.5, 0.6) is 0 Å². The number of hydrogen-bond acceptors (Lipinski definition) is 1. The lowest BCUT2D eigenvalue weighted by molar-refractivity contribution is 0.103. The Hall–Kier alpha value is -2.84. The average Bonchev–Trinajstić information content (AvgIpc) is 3.12. The summed E-state index contributed by atoms with van der Waals surface area (Å²) in [5.41, 5.74) is 4.46. The number of benzene rings is 2. The SMILES string of the molecule is C=Cc1ccc(Cl)c(/C=C/Cn2cccc2C(=O)c2ccc(C)cc2)c1. The van der Waals surface area contributed by atoms with Crippen LogP contribution in [0.3, 0.4) is 0 Å². The van der Waals surface area contributed by atoms with E-state index in [2.05, 4.69) is 6.58 Å². The molecule has 3 heteroatoms. The first-order chi connectivity index (χ1) is 12.6. The van der Waals surface area contributed by atoms with Crippen molar-refractivity contribution in [2.75, 3.05) is 0 Å². The van der Waals surface area contributed by atoms with Crippen molar-refractivity contribution >= 4 is 29.5 Å². The first-order valence-corrected chi connectivity index (χ1v) is 8.81. The molecule has 3 rings (SSSR count). The largest absolute Gasteiger partial charge is 0.341 e. The number of nitrogens with zero attached hydrogens (tertiary/aromatic N) is 1. The van der Waals surface area contributed by atoms with Crippen molar-refractivity contribution < 1.29 is 4.79 Å². The van der Waals surface area contributed by atoms with Gasteiger partial charge < -0.3 is 4.57 Å². The molecule has 0 fully saturated rings. The molecule has 130 valence electrons. The van der Waals surface area contributed by atoms with Crippen molar-refractivity contribution in [3.8, 4) is 0 Å². The first kappa shape index (κ1) is 18.0. The van der Waals surface area contributed by atoms with E-state index in [1.165, 1.54) is 0 Å². The number of allylic oxidation sites excluding steroid dienone is 1. The number of aryl methyl sites for hydroxylation is 1. The van der Waals surface area contributed by atoms with E-state index in [9.17, 15) is 4.79 Å². The Bertz CT molecular complexity index is 964. The van der Waals surface area contributed by atoms with Crippen LogP contribution in [0.1, 0.15) is 32.7 Å². The quantitative estimate of drug-likeness (QED) is 0.491. The molecular weight excluding hydrogens is 342 g/mol. The third kappa shape index (κ3) is 4.04. The maximum atomic E-state index is 12.7. The molecule has 0 N–H and O–H groups in total. The monoisotopic (exact) mass is 361 g/mol. The van der Waals surface area contributed by atoms with Gasteiger partial charge in [-0.3, -0.25) is 4.79 Å². The van der Waals surface area contributed by atoms with Gasteiger partial charge >= 0.3 is 0 Å². The number of halogens is 1. The fourth-order valence-corrected chi connectivity index (χ4v) is 2.92. The normalized spacial score (nSPS) is 11.0. The van der Waals surface area contributed by atoms with E-state index in [4.69, 9.17) is 11.6 Å². The Morgan fingerprint density at radius 1 is 1.15 bits per heavy atom. The number of rotatable bonds is 6. The van der Waals surface area contributed by atoms with Crippen LogP contribution in [-0.2, 0) is 6.54 Å². The highest BCUT2D eigenvalue weighted by atomic mass is 35.5. The lowest BCUT2D eigenvalue weighted by Crippen LogP contribution is -2.09. The molecule has 3 aromatic rings. The molecule has 1 heterocycles. The molecule has 0 aliphatic carbocycles. The molecule has 0 radical (unpaired) electrons. The fourth-order valence-electron chi connectivity index (χ4n) is 2.74. The standard InChI is InChI=1S/C23H20ClNO/c1-3-18-10-13-21(24)20(16-18)6-4-14-25-15-5-7-22(25)23(26)19-11-8-17(2)9-12-19/h3-13,15-16H,1,14H2,2H3/b6-4+. The molecule has 0 atom stereocenters. The maximum Gasteiger partial charge on any atom is 0.209 e. The number of ketones is 1. The minimum atomic E-state index is 0.0232. The van der Waals surface area contributed by atoms with Crippen molar-refractivity contribution in [2.45, 2.75) is 13.5 Å². The predicted octanol–water partition coefficient (Wildman–Crippen LogP) is 6.04. The molecule has 1 aromatic heterocycles. The van der Waals surface area contributed by atoms with Gasteiger partial charge in [0.2, 0.25) is 5.78 Å². The molecule has 0 aliphatic heterocycles. The van der Waals surface area contributed by atoms with Gasteiger partial charge in [0.25, 0.3) is 0 Å². The second kappa shape index (κ2) is 8.03. The van der Waals surface area contributed by atoms with Gasteiger partial charge in [-0.1, -0.05) is 72.3 Å². The van der Waals surface area contributed by atoms with Gasteiger partial charge in [0.15, 0.2) is 0 Å². The Kier molecular flexibility index (Phi) is 5.55. The molecule has 0 saturated carbocycles. The zero-order valence-electron chi connectivity index (χ0n) is 14.7.